The van der Waals surface area contributed by atoms with Crippen LogP contribution in [0.2, 0.25) is 0 Å². The average molecular weight is 325 g/mol. The molecule has 24 heavy (non-hydrogen) atoms. The van der Waals surface area contributed by atoms with Gasteiger partial charge in [0, 0.05) is 18.0 Å². The van der Waals surface area contributed by atoms with Crippen molar-refractivity contribution in [2.45, 2.75) is 33.0 Å². The predicted molar refractivity (Wildman–Crippen MR) is 87.7 cm³/mol. The Hall–Kier alpha value is -2.80. The van der Waals surface area contributed by atoms with Crippen molar-refractivity contribution >= 4 is 0 Å². The molecule has 0 aliphatic heterocycles. The van der Waals surface area contributed by atoms with E-state index in [-0.39, 0.29) is 12.6 Å². The maximum atomic E-state index is 9.88. The van der Waals surface area contributed by atoms with Gasteiger partial charge in [-0.2, -0.15) is 0 Å². The van der Waals surface area contributed by atoms with Crippen molar-refractivity contribution in [3.63, 3.8) is 0 Å². The maximum absolute atomic E-state index is 9.88. The minimum absolute atomic E-state index is 0.216. The summed E-state index contributed by atoms with van der Waals surface area (Å²) in [7, 11) is 0. The van der Waals surface area contributed by atoms with Gasteiger partial charge in [0.1, 0.15) is 12.3 Å². The molecule has 124 valence electrons. The number of ether oxygens (including phenoxy) is 1. The van der Waals surface area contributed by atoms with Gasteiger partial charge in [0.25, 0.3) is 0 Å². The van der Waals surface area contributed by atoms with E-state index < -0.39 is 5.60 Å². The summed E-state index contributed by atoms with van der Waals surface area (Å²) in [5, 5.41) is 18.1. The number of rotatable bonds is 5. The molecule has 0 aliphatic carbocycles. The van der Waals surface area contributed by atoms with Gasteiger partial charge in [-0.15, -0.1) is 5.10 Å². The molecule has 0 atom stereocenters. The zero-order valence-electron chi connectivity index (χ0n) is 13.8. The summed E-state index contributed by atoms with van der Waals surface area (Å²) >= 11 is 0. The highest BCUT2D eigenvalue weighted by atomic mass is 16.5. The van der Waals surface area contributed by atoms with Crippen molar-refractivity contribution in [3.8, 4) is 11.7 Å². The smallest absolute Gasteiger partial charge is 0.316 e. The normalized spacial score (nSPS) is 11.5. The van der Waals surface area contributed by atoms with Gasteiger partial charge in [0.15, 0.2) is 0 Å². The zero-order valence-corrected chi connectivity index (χ0v) is 13.8. The number of aliphatic hydroxyl groups is 1. The summed E-state index contributed by atoms with van der Waals surface area (Å²) in [6.45, 7) is 5.60. The third-order valence-electron chi connectivity index (χ3n) is 3.49. The maximum Gasteiger partial charge on any atom is 0.316 e. The van der Waals surface area contributed by atoms with Crippen LogP contribution in [0.3, 0.4) is 0 Å². The Kier molecular flexibility index (Phi) is 4.26. The number of aryl methyl sites for hydroxylation is 1. The number of hydrogen-bond donors (Lipinski definition) is 1. The summed E-state index contributed by atoms with van der Waals surface area (Å²) in [5.74, 6) is 0. The van der Waals surface area contributed by atoms with Crippen molar-refractivity contribution in [1.82, 2.24) is 25.0 Å². The number of aromatic nitrogens is 5. The highest BCUT2D eigenvalue weighted by Gasteiger charge is 2.17. The second-order valence-corrected chi connectivity index (χ2v) is 6.10. The molecule has 2 aromatic heterocycles. The molecular formula is C17H19N5O2. The van der Waals surface area contributed by atoms with Crippen LogP contribution < -0.4 is 4.74 Å². The molecule has 0 aliphatic rings. The Bertz CT molecular complexity index is 821. The summed E-state index contributed by atoms with van der Waals surface area (Å²) in [4.78, 5) is 8.18. The lowest BCUT2D eigenvalue weighted by Crippen LogP contribution is -2.16. The fourth-order valence-electron chi connectivity index (χ4n) is 2.11. The molecule has 7 heteroatoms. The molecule has 7 nitrogen and oxygen atoms in total. The summed E-state index contributed by atoms with van der Waals surface area (Å²) < 4.78 is 7.21. The van der Waals surface area contributed by atoms with Crippen LogP contribution in [0, 0.1) is 6.92 Å². The fraction of sp³-hybridized carbons (Fsp3) is 0.294. The first-order valence-corrected chi connectivity index (χ1v) is 7.58. The minimum atomic E-state index is -0.977. The Morgan fingerprint density at radius 1 is 1.21 bits per heavy atom. The van der Waals surface area contributed by atoms with Crippen LogP contribution in [0.4, 0.5) is 0 Å². The van der Waals surface area contributed by atoms with Crippen LogP contribution in [-0.2, 0) is 12.2 Å². The van der Waals surface area contributed by atoms with Gasteiger partial charge in [-0.25, -0.2) is 14.6 Å². The van der Waals surface area contributed by atoms with Crippen LogP contribution in [0.15, 0.2) is 42.9 Å². The largest absolute Gasteiger partial charge is 0.457 e. The molecule has 0 saturated carbocycles. The van der Waals surface area contributed by atoms with Gasteiger partial charge in [-0.1, -0.05) is 17.3 Å². The molecule has 0 bridgehead atoms. The quantitative estimate of drug-likeness (QED) is 0.774. The lowest BCUT2D eigenvalue weighted by molar-refractivity contribution is 0.0775. The lowest BCUT2D eigenvalue weighted by Gasteiger charge is -2.16. The van der Waals surface area contributed by atoms with Gasteiger partial charge in [0.05, 0.1) is 17.5 Å². The molecule has 0 unspecified atom stereocenters. The second-order valence-electron chi connectivity index (χ2n) is 6.10. The highest BCUT2D eigenvalue weighted by molar-refractivity contribution is 5.34. The topological polar surface area (TPSA) is 86.0 Å². The van der Waals surface area contributed by atoms with Gasteiger partial charge < -0.3 is 9.84 Å². The first-order chi connectivity index (χ1) is 11.4. The Morgan fingerprint density at radius 3 is 2.62 bits per heavy atom. The SMILES string of the molecule is Cc1cccc(-n2cc(COc3ncc(C(C)(C)O)cn3)nn2)c1. The summed E-state index contributed by atoms with van der Waals surface area (Å²) in [6, 6.07) is 8.22. The van der Waals surface area contributed by atoms with Gasteiger partial charge in [0.2, 0.25) is 0 Å². The van der Waals surface area contributed by atoms with E-state index in [0.717, 1.165) is 11.3 Å². The van der Waals surface area contributed by atoms with Gasteiger partial charge in [-0.05, 0) is 38.5 Å². The van der Waals surface area contributed by atoms with E-state index in [4.69, 9.17) is 4.74 Å². The van der Waals surface area contributed by atoms with Crippen LogP contribution in [0.5, 0.6) is 6.01 Å². The predicted octanol–water partition coefficient (Wildman–Crippen LogP) is 2.17. The van der Waals surface area contributed by atoms with Crippen molar-refractivity contribution in [3.05, 3.63) is 59.7 Å². The third kappa shape index (κ3) is 3.75. The highest BCUT2D eigenvalue weighted by Crippen LogP contribution is 2.18. The Morgan fingerprint density at radius 2 is 1.96 bits per heavy atom. The van der Waals surface area contributed by atoms with E-state index in [1.54, 1.807) is 37.1 Å². The van der Waals surface area contributed by atoms with E-state index >= 15 is 0 Å². The molecule has 3 aromatic rings. The zero-order chi connectivity index (χ0) is 17.2. The van der Waals surface area contributed by atoms with Crippen LogP contribution >= 0.6 is 0 Å². The van der Waals surface area contributed by atoms with Gasteiger partial charge in [-0.3, -0.25) is 0 Å². The first-order valence-electron chi connectivity index (χ1n) is 7.58. The molecule has 0 fully saturated rings. The number of nitrogens with zero attached hydrogens (tertiary/aromatic N) is 5. The van der Waals surface area contributed by atoms with E-state index in [0.29, 0.717) is 11.3 Å². The molecule has 2 heterocycles. The molecule has 1 N–H and O–H groups in total. The van der Waals surface area contributed by atoms with Crippen LogP contribution in [0.1, 0.15) is 30.7 Å². The molecule has 0 amide bonds. The summed E-state index contributed by atoms with van der Waals surface area (Å²) in [5.41, 5.74) is 2.42. The molecule has 1 aromatic carbocycles. The molecule has 0 radical (unpaired) electrons. The van der Waals surface area contributed by atoms with Crippen LogP contribution in [0.25, 0.3) is 5.69 Å². The third-order valence-corrected chi connectivity index (χ3v) is 3.49. The van der Waals surface area contributed by atoms with E-state index in [9.17, 15) is 5.11 Å². The van der Waals surface area contributed by atoms with E-state index in [2.05, 4.69) is 20.3 Å². The van der Waals surface area contributed by atoms with E-state index in [1.807, 2.05) is 31.2 Å². The first kappa shape index (κ1) is 16.1. The standard InChI is InChI=1S/C17H19N5O2/c1-12-5-4-6-15(7-12)22-10-14(20-21-22)11-24-16-18-8-13(9-19-16)17(2,3)23/h4-10,23H,11H2,1-3H3. The summed E-state index contributed by atoms with van der Waals surface area (Å²) in [6.07, 6.45) is 4.90. The second kappa shape index (κ2) is 6.37. The van der Waals surface area contributed by atoms with Crippen LogP contribution in [-0.4, -0.2) is 30.1 Å². The van der Waals surface area contributed by atoms with Crippen molar-refractivity contribution in [2.75, 3.05) is 0 Å². The van der Waals surface area contributed by atoms with Crippen molar-refractivity contribution in [1.29, 1.82) is 0 Å². The van der Waals surface area contributed by atoms with Crippen molar-refractivity contribution < 1.29 is 9.84 Å². The minimum Gasteiger partial charge on any atom is -0.457 e. The Balaban J connectivity index is 1.65. The average Bonchev–Trinajstić information content (AvgIpc) is 3.01. The fourth-order valence-corrected chi connectivity index (χ4v) is 2.11. The molecule has 3 rings (SSSR count). The number of hydrogen-bond acceptors (Lipinski definition) is 6. The number of benzene rings is 1. The lowest BCUT2D eigenvalue weighted by atomic mass is 10.0. The Labute approximate surface area is 140 Å². The monoisotopic (exact) mass is 325 g/mol. The molecule has 0 spiro atoms. The molecular weight excluding hydrogens is 306 g/mol. The van der Waals surface area contributed by atoms with E-state index in [1.165, 1.54) is 0 Å². The molecule has 0 saturated heterocycles. The van der Waals surface area contributed by atoms with Crippen molar-refractivity contribution in [2.24, 2.45) is 0 Å². The van der Waals surface area contributed by atoms with Gasteiger partial charge >= 0.3 is 6.01 Å².